The maximum absolute atomic E-state index is 9.53. The van der Waals surface area contributed by atoms with Crippen LogP contribution in [-0.4, -0.2) is 35.8 Å². The van der Waals surface area contributed by atoms with Crippen LogP contribution in [0.4, 0.5) is 0 Å². The van der Waals surface area contributed by atoms with Crippen molar-refractivity contribution in [2.24, 2.45) is 0 Å². The minimum Gasteiger partial charge on any atom is -0.387 e. The molecule has 1 heterocycles. The fourth-order valence-corrected chi connectivity index (χ4v) is 2.32. The van der Waals surface area contributed by atoms with Crippen molar-refractivity contribution in [3.05, 3.63) is 35.9 Å². The molecule has 0 aliphatic carbocycles. The lowest BCUT2D eigenvalue weighted by Gasteiger charge is -2.29. The first-order valence-electron chi connectivity index (χ1n) is 5.23. The summed E-state index contributed by atoms with van der Waals surface area (Å²) in [5.74, 6) is 0. The van der Waals surface area contributed by atoms with Crippen LogP contribution in [0.15, 0.2) is 30.3 Å². The van der Waals surface area contributed by atoms with Crippen molar-refractivity contribution in [1.29, 1.82) is 0 Å². The number of aliphatic hydroxyl groups excluding tert-OH is 1. The average Bonchev–Trinajstić information content (AvgIpc) is 2.47. The molecule has 1 N–H and O–H groups in total. The summed E-state index contributed by atoms with van der Waals surface area (Å²) in [5.41, 5.74) is 1.36. The van der Waals surface area contributed by atoms with E-state index in [0.717, 1.165) is 30.5 Å². The molecule has 1 saturated heterocycles. The molecule has 2 unspecified atom stereocenters. The molecule has 0 saturated carbocycles. The highest BCUT2D eigenvalue weighted by atomic mass is 16.3. The first kappa shape index (κ1) is 9.69. The van der Waals surface area contributed by atoms with Gasteiger partial charge in [0, 0.05) is 12.0 Å². The zero-order valence-corrected chi connectivity index (χ0v) is 8.69. The predicted octanol–water partition coefficient (Wildman–Crippen LogP) is 1.40. The van der Waals surface area contributed by atoms with Crippen LogP contribution in [0.25, 0.3) is 0 Å². The summed E-state index contributed by atoms with van der Waals surface area (Å²) in [4.78, 5) is 0. The van der Waals surface area contributed by atoms with Gasteiger partial charge in [-0.2, -0.15) is 0 Å². The number of aliphatic hydroxyl groups is 1. The lowest BCUT2D eigenvalue weighted by Crippen LogP contribution is -2.41. The van der Waals surface area contributed by atoms with E-state index in [4.69, 9.17) is 0 Å². The molecule has 0 amide bonds. The number of quaternary nitrogens is 1. The van der Waals surface area contributed by atoms with Crippen molar-refractivity contribution < 1.29 is 9.59 Å². The Kier molecular flexibility index (Phi) is 2.57. The third kappa shape index (κ3) is 2.14. The Balaban J connectivity index is 2.04. The number of likely N-dealkylation sites (tertiary alicyclic amines) is 1. The SMILES string of the molecule is C[N+]1(Cc2ccccc2)CCC(O)C1. The van der Waals surface area contributed by atoms with Gasteiger partial charge in [0.15, 0.2) is 0 Å². The van der Waals surface area contributed by atoms with Gasteiger partial charge in [0.1, 0.15) is 19.2 Å². The predicted molar refractivity (Wildman–Crippen MR) is 56.7 cm³/mol. The van der Waals surface area contributed by atoms with Crippen LogP contribution < -0.4 is 0 Å². The van der Waals surface area contributed by atoms with Gasteiger partial charge in [-0.05, 0) is 0 Å². The van der Waals surface area contributed by atoms with Crippen LogP contribution in [0.3, 0.4) is 0 Å². The summed E-state index contributed by atoms with van der Waals surface area (Å²) in [6.45, 7) is 3.03. The largest absolute Gasteiger partial charge is 0.387 e. The van der Waals surface area contributed by atoms with Gasteiger partial charge in [-0.25, -0.2) is 0 Å². The van der Waals surface area contributed by atoms with Crippen molar-refractivity contribution in [2.75, 3.05) is 20.1 Å². The highest BCUT2D eigenvalue weighted by Crippen LogP contribution is 2.20. The van der Waals surface area contributed by atoms with E-state index in [0.29, 0.717) is 0 Å². The van der Waals surface area contributed by atoms with Crippen molar-refractivity contribution in [3.63, 3.8) is 0 Å². The molecule has 2 atom stereocenters. The van der Waals surface area contributed by atoms with E-state index in [2.05, 4.69) is 31.3 Å². The normalized spacial score (nSPS) is 32.0. The van der Waals surface area contributed by atoms with Crippen molar-refractivity contribution >= 4 is 0 Å². The molecular formula is C12H18NO+. The summed E-state index contributed by atoms with van der Waals surface area (Å²) in [7, 11) is 2.23. The molecular weight excluding hydrogens is 174 g/mol. The van der Waals surface area contributed by atoms with Gasteiger partial charge in [0.25, 0.3) is 0 Å². The Labute approximate surface area is 85.4 Å². The van der Waals surface area contributed by atoms with Crippen molar-refractivity contribution in [1.82, 2.24) is 0 Å². The second kappa shape index (κ2) is 3.71. The molecule has 0 bridgehead atoms. The van der Waals surface area contributed by atoms with Crippen molar-refractivity contribution in [2.45, 2.75) is 19.1 Å². The van der Waals surface area contributed by atoms with Gasteiger partial charge < -0.3 is 9.59 Å². The summed E-state index contributed by atoms with van der Waals surface area (Å²) < 4.78 is 0.977. The summed E-state index contributed by atoms with van der Waals surface area (Å²) in [5, 5.41) is 9.53. The quantitative estimate of drug-likeness (QED) is 0.702. The molecule has 14 heavy (non-hydrogen) atoms. The maximum atomic E-state index is 9.53. The fraction of sp³-hybridized carbons (Fsp3) is 0.500. The summed E-state index contributed by atoms with van der Waals surface area (Å²) in [6, 6.07) is 10.5. The third-order valence-electron chi connectivity index (χ3n) is 3.06. The third-order valence-corrected chi connectivity index (χ3v) is 3.06. The minimum absolute atomic E-state index is 0.0938. The Bertz CT molecular complexity index is 298. The average molecular weight is 192 g/mol. The van der Waals surface area contributed by atoms with E-state index in [1.165, 1.54) is 5.56 Å². The molecule has 2 heteroatoms. The smallest absolute Gasteiger partial charge is 0.108 e. The van der Waals surface area contributed by atoms with Gasteiger partial charge in [-0.15, -0.1) is 0 Å². The Morgan fingerprint density at radius 1 is 1.36 bits per heavy atom. The van der Waals surface area contributed by atoms with Crippen molar-refractivity contribution in [3.8, 4) is 0 Å². The first-order chi connectivity index (χ1) is 6.68. The fourth-order valence-electron chi connectivity index (χ4n) is 2.32. The molecule has 1 aromatic carbocycles. The van der Waals surface area contributed by atoms with E-state index in [1.54, 1.807) is 0 Å². The number of hydrogen-bond donors (Lipinski definition) is 1. The minimum atomic E-state index is -0.0938. The molecule has 76 valence electrons. The van der Waals surface area contributed by atoms with Gasteiger partial charge >= 0.3 is 0 Å². The van der Waals surface area contributed by atoms with Gasteiger partial charge in [0.2, 0.25) is 0 Å². The molecule has 0 radical (unpaired) electrons. The molecule has 1 fully saturated rings. The van der Waals surface area contributed by atoms with E-state index < -0.39 is 0 Å². The summed E-state index contributed by atoms with van der Waals surface area (Å²) >= 11 is 0. The standard InChI is InChI=1S/C12H18NO/c1-13(8-7-12(14)10-13)9-11-5-3-2-4-6-11/h2-6,12,14H,7-10H2,1H3/q+1. The Hall–Kier alpha value is -0.860. The highest BCUT2D eigenvalue weighted by molar-refractivity contribution is 5.13. The van der Waals surface area contributed by atoms with E-state index >= 15 is 0 Å². The van der Waals surface area contributed by atoms with E-state index in [9.17, 15) is 5.11 Å². The first-order valence-corrected chi connectivity index (χ1v) is 5.23. The monoisotopic (exact) mass is 192 g/mol. The number of hydrogen-bond acceptors (Lipinski definition) is 1. The molecule has 0 spiro atoms. The zero-order valence-electron chi connectivity index (χ0n) is 8.69. The van der Waals surface area contributed by atoms with Gasteiger partial charge in [-0.1, -0.05) is 30.3 Å². The molecule has 2 nitrogen and oxygen atoms in total. The van der Waals surface area contributed by atoms with Crippen LogP contribution in [0.2, 0.25) is 0 Å². The lowest BCUT2D eigenvalue weighted by molar-refractivity contribution is -0.912. The second-order valence-electron chi connectivity index (χ2n) is 4.61. The Morgan fingerprint density at radius 3 is 2.64 bits per heavy atom. The number of benzene rings is 1. The van der Waals surface area contributed by atoms with Crippen LogP contribution in [-0.2, 0) is 6.54 Å². The molecule has 2 rings (SSSR count). The van der Waals surface area contributed by atoms with Crippen LogP contribution in [0.5, 0.6) is 0 Å². The molecule has 0 aromatic heterocycles. The molecule has 1 aliphatic heterocycles. The molecule has 1 aromatic rings. The van der Waals surface area contributed by atoms with E-state index in [-0.39, 0.29) is 6.10 Å². The van der Waals surface area contributed by atoms with Crippen LogP contribution >= 0.6 is 0 Å². The van der Waals surface area contributed by atoms with Crippen LogP contribution in [0.1, 0.15) is 12.0 Å². The number of likely N-dealkylation sites (N-methyl/N-ethyl adjacent to an activating group) is 1. The second-order valence-corrected chi connectivity index (χ2v) is 4.61. The number of nitrogens with zero attached hydrogens (tertiary/aromatic N) is 1. The Morgan fingerprint density at radius 2 is 2.07 bits per heavy atom. The highest BCUT2D eigenvalue weighted by Gasteiger charge is 2.33. The molecule has 1 aliphatic rings. The zero-order chi connectivity index (χ0) is 10.0. The lowest BCUT2D eigenvalue weighted by atomic mass is 10.2. The topological polar surface area (TPSA) is 20.2 Å². The summed E-state index contributed by atoms with van der Waals surface area (Å²) in [6.07, 6.45) is 0.854. The van der Waals surface area contributed by atoms with E-state index in [1.807, 2.05) is 6.07 Å². The maximum Gasteiger partial charge on any atom is 0.108 e. The number of rotatable bonds is 2. The van der Waals surface area contributed by atoms with Gasteiger partial charge in [0.05, 0.1) is 13.6 Å². The van der Waals surface area contributed by atoms with Gasteiger partial charge in [-0.3, -0.25) is 0 Å². The van der Waals surface area contributed by atoms with Crippen LogP contribution in [0, 0.1) is 0 Å².